The van der Waals surface area contributed by atoms with E-state index >= 15 is 0 Å². The van der Waals surface area contributed by atoms with E-state index in [1.807, 2.05) is 42.5 Å². The van der Waals surface area contributed by atoms with Gasteiger partial charge in [0, 0.05) is 13.0 Å². The van der Waals surface area contributed by atoms with E-state index in [1.165, 1.54) is 0 Å². The van der Waals surface area contributed by atoms with Gasteiger partial charge in [-0.15, -0.1) is 0 Å². The molecule has 11 heteroatoms. The molecule has 0 heterocycles. The van der Waals surface area contributed by atoms with Crippen LogP contribution >= 0.6 is 0 Å². The second-order valence-corrected chi connectivity index (χ2v) is 8.04. The van der Waals surface area contributed by atoms with Gasteiger partial charge in [-0.1, -0.05) is 42.5 Å². The van der Waals surface area contributed by atoms with Crippen molar-refractivity contribution < 1.29 is 39.3 Å². The summed E-state index contributed by atoms with van der Waals surface area (Å²) in [5, 5.41) is 36.2. The SMILES string of the molecule is O=C(O)CC[C@H](NC(=O)N[C@@H](CCCCNC(=O)Cc1ccc2ccccc2c1)C(=O)O)C(=O)O. The third kappa shape index (κ3) is 9.70. The Hall–Kier alpha value is -4.15. The number of nitrogens with one attached hydrogen (secondary N) is 3. The van der Waals surface area contributed by atoms with Crippen LogP contribution in [0.4, 0.5) is 4.79 Å². The quantitative estimate of drug-likeness (QED) is 0.218. The monoisotopic (exact) mass is 487 g/mol. The van der Waals surface area contributed by atoms with Gasteiger partial charge in [0.1, 0.15) is 12.1 Å². The van der Waals surface area contributed by atoms with E-state index in [1.54, 1.807) is 0 Å². The van der Waals surface area contributed by atoms with Gasteiger partial charge in [0.15, 0.2) is 0 Å². The van der Waals surface area contributed by atoms with E-state index in [-0.39, 0.29) is 25.2 Å². The van der Waals surface area contributed by atoms with Crippen LogP contribution in [0.1, 0.15) is 37.7 Å². The lowest BCUT2D eigenvalue weighted by Crippen LogP contribution is -2.51. The average Bonchev–Trinajstić information content (AvgIpc) is 2.80. The van der Waals surface area contributed by atoms with Crippen molar-refractivity contribution in [3.8, 4) is 0 Å². The molecule has 11 nitrogen and oxygen atoms in total. The van der Waals surface area contributed by atoms with Gasteiger partial charge in [0.2, 0.25) is 5.91 Å². The first kappa shape index (κ1) is 27.1. The molecule has 0 aliphatic heterocycles. The Labute approximate surface area is 201 Å². The predicted molar refractivity (Wildman–Crippen MR) is 126 cm³/mol. The molecule has 0 fully saturated rings. The Morgan fingerprint density at radius 2 is 1.40 bits per heavy atom. The number of carbonyl (C=O) groups is 5. The van der Waals surface area contributed by atoms with Crippen LogP contribution in [-0.2, 0) is 25.6 Å². The molecular weight excluding hydrogens is 458 g/mol. The van der Waals surface area contributed by atoms with Crippen LogP contribution < -0.4 is 16.0 Å². The molecule has 3 amide bonds. The minimum atomic E-state index is -1.46. The molecule has 0 spiro atoms. The zero-order valence-electron chi connectivity index (χ0n) is 19.0. The first-order valence-corrected chi connectivity index (χ1v) is 11.1. The van der Waals surface area contributed by atoms with Gasteiger partial charge in [0.25, 0.3) is 0 Å². The number of hydrogen-bond donors (Lipinski definition) is 6. The largest absolute Gasteiger partial charge is 0.481 e. The number of aliphatic carboxylic acids is 3. The fourth-order valence-electron chi connectivity index (χ4n) is 3.44. The number of amides is 3. The van der Waals surface area contributed by atoms with Crippen LogP contribution in [0.3, 0.4) is 0 Å². The fraction of sp³-hybridized carbons (Fsp3) is 0.375. The Bertz CT molecular complexity index is 1070. The summed E-state index contributed by atoms with van der Waals surface area (Å²) in [6, 6.07) is 9.91. The maximum Gasteiger partial charge on any atom is 0.326 e. The Morgan fingerprint density at radius 3 is 2.03 bits per heavy atom. The number of urea groups is 1. The molecule has 0 aliphatic rings. The standard InChI is InChI=1S/C24H29N3O8/c28-20(14-15-8-9-16-5-1-2-6-17(16)13-15)25-12-4-3-7-18(22(31)32)26-24(35)27-19(23(33)34)10-11-21(29)30/h1-2,5-6,8-9,13,18-19H,3-4,7,10-12,14H2,(H,25,28)(H,29,30)(H,31,32)(H,33,34)(H2,26,27,35)/t18-,19-/m0/s1. The highest BCUT2D eigenvalue weighted by Crippen LogP contribution is 2.16. The van der Waals surface area contributed by atoms with E-state index in [0.717, 1.165) is 16.3 Å². The van der Waals surface area contributed by atoms with Crippen LogP contribution in [0.5, 0.6) is 0 Å². The van der Waals surface area contributed by atoms with Gasteiger partial charge in [-0.25, -0.2) is 14.4 Å². The third-order valence-corrected chi connectivity index (χ3v) is 5.27. The fourth-order valence-corrected chi connectivity index (χ4v) is 3.44. The van der Waals surface area contributed by atoms with Crippen molar-refractivity contribution in [2.75, 3.05) is 6.54 Å². The number of unbranched alkanes of at least 4 members (excludes halogenated alkanes) is 1. The minimum Gasteiger partial charge on any atom is -0.481 e. The summed E-state index contributed by atoms with van der Waals surface area (Å²) in [5.74, 6) is -4.09. The summed E-state index contributed by atoms with van der Waals surface area (Å²) in [4.78, 5) is 57.4. The average molecular weight is 488 g/mol. The topological polar surface area (TPSA) is 182 Å². The number of carboxylic acid groups (broad SMARTS) is 3. The first-order chi connectivity index (χ1) is 16.7. The summed E-state index contributed by atoms with van der Waals surface area (Å²) >= 11 is 0. The summed E-state index contributed by atoms with van der Waals surface area (Å²) in [6.45, 7) is 0.335. The second kappa shape index (κ2) is 13.5. The Balaban J connectivity index is 1.72. The van der Waals surface area contributed by atoms with Crippen LogP contribution in [-0.4, -0.2) is 63.8 Å². The van der Waals surface area contributed by atoms with Gasteiger partial charge >= 0.3 is 23.9 Å². The van der Waals surface area contributed by atoms with Gasteiger partial charge in [-0.05, 0) is 42.0 Å². The highest BCUT2D eigenvalue weighted by Gasteiger charge is 2.24. The number of fused-ring (bicyclic) bond motifs is 1. The number of carbonyl (C=O) groups excluding carboxylic acids is 2. The lowest BCUT2D eigenvalue weighted by molar-refractivity contribution is -0.140. The third-order valence-electron chi connectivity index (χ3n) is 5.27. The van der Waals surface area contributed by atoms with Crippen LogP contribution in [0.25, 0.3) is 10.8 Å². The minimum absolute atomic E-state index is 0.0656. The van der Waals surface area contributed by atoms with E-state index in [9.17, 15) is 29.1 Å². The molecule has 0 aromatic heterocycles. The summed E-state index contributed by atoms with van der Waals surface area (Å²) in [5.41, 5.74) is 0.880. The summed E-state index contributed by atoms with van der Waals surface area (Å²) < 4.78 is 0. The molecule has 0 saturated heterocycles. The molecule has 0 saturated carbocycles. The van der Waals surface area contributed by atoms with Crippen molar-refractivity contribution in [2.24, 2.45) is 0 Å². The number of carboxylic acids is 3. The zero-order valence-corrected chi connectivity index (χ0v) is 19.0. The molecule has 35 heavy (non-hydrogen) atoms. The van der Waals surface area contributed by atoms with Crippen LogP contribution in [0.2, 0.25) is 0 Å². The smallest absolute Gasteiger partial charge is 0.326 e. The van der Waals surface area contributed by atoms with Gasteiger partial charge in [-0.2, -0.15) is 0 Å². The molecule has 2 aromatic rings. The first-order valence-electron chi connectivity index (χ1n) is 11.1. The molecule has 188 valence electrons. The van der Waals surface area contributed by atoms with E-state index in [0.29, 0.717) is 19.4 Å². The van der Waals surface area contributed by atoms with Crippen molar-refractivity contribution in [2.45, 2.75) is 50.6 Å². The number of rotatable bonds is 14. The molecule has 0 unspecified atom stereocenters. The highest BCUT2D eigenvalue weighted by atomic mass is 16.4. The molecule has 6 N–H and O–H groups in total. The molecule has 2 rings (SSSR count). The van der Waals surface area contributed by atoms with E-state index < -0.39 is 42.4 Å². The van der Waals surface area contributed by atoms with Gasteiger partial charge in [-0.3, -0.25) is 9.59 Å². The van der Waals surface area contributed by atoms with Gasteiger partial charge < -0.3 is 31.3 Å². The van der Waals surface area contributed by atoms with Crippen molar-refractivity contribution in [3.63, 3.8) is 0 Å². The van der Waals surface area contributed by atoms with Crippen molar-refractivity contribution in [1.29, 1.82) is 0 Å². The predicted octanol–water partition coefficient (Wildman–Crippen LogP) is 1.74. The van der Waals surface area contributed by atoms with Gasteiger partial charge in [0.05, 0.1) is 6.42 Å². The molecule has 2 atom stereocenters. The molecule has 0 bridgehead atoms. The van der Waals surface area contributed by atoms with Crippen molar-refractivity contribution in [1.82, 2.24) is 16.0 Å². The lowest BCUT2D eigenvalue weighted by atomic mass is 10.0. The molecule has 0 radical (unpaired) electrons. The van der Waals surface area contributed by atoms with Crippen molar-refractivity contribution in [3.05, 3.63) is 48.0 Å². The second-order valence-electron chi connectivity index (χ2n) is 8.04. The highest BCUT2D eigenvalue weighted by molar-refractivity contribution is 5.87. The maximum absolute atomic E-state index is 12.2. The summed E-state index contributed by atoms with van der Waals surface area (Å²) in [7, 11) is 0. The van der Waals surface area contributed by atoms with E-state index in [2.05, 4.69) is 16.0 Å². The van der Waals surface area contributed by atoms with Crippen LogP contribution in [0, 0.1) is 0 Å². The number of hydrogen-bond acceptors (Lipinski definition) is 5. The normalized spacial score (nSPS) is 12.3. The number of benzene rings is 2. The summed E-state index contributed by atoms with van der Waals surface area (Å²) in [6.07, 6.45) is 0.343. The maximum atomic E-state index is 12.2. The van der Waals surface area contributed by atoms with Crippen molar-refractivity contribution >= 4 is 40.6 Å². The molecule has 0 aliphatic carbocycles. The molecular formula is C24H29N3O8. The zero-order chi connectivity index (χ0) is 25.8. The Morgan fingerprint density at radius 1 is 0.771 bits per heavy atom. The van der Waals surface area contributed by atoms with E-state index in [4.69, 9.17) is 10.2 Å². The Kier molecular flexibility index (Phi) is 10.5. The lowest BCUT2D eigenvalue weighted by Gasteiger charge is -2.18. The molecule has 2 aromatic carbocycles. The van der Waals surface area contributed by atoms with Crippen LogP contribution in [0.15, 0.2) is 42.5 Å².